The van der Waals surface area contributed by atoms with Crippen molar-refractivity contribution in [2.75, 3.05) is 7.05 Å². The fraction of sp³-hybridized carbons (Fsp3) is 0.538. The van der Waals surface area contributed by atoms with Crippen LogP contribution in [0.2, 0.25) is 0 Å². The van der Waals surface area contributed by atoms with Crippen molar-refractivity contribution >= 4 is 0 Å². The summed E-state index contributed by atoms with van der Waals surface area (Å²) < 4.78 is 0. The minimum absolute atomic E-state index is 0.640. The van der Waals surface area contributed by atoms with Gasteiger partial charge < -0.3 is 5.73 Å². The second-order valence-electron chi connectivity index (χ2n) is 4.52. The monoisotopic (exact) mass is 204 g/mol. The third-order valence-corrected chi connectivity index (χ3v) is 3.36. The Morgan fingerprint density at radius 3 is 2.67 bits per heavy atom. The number of hydrogen-bond acceptors (Lipinski definition) is 2. The van der Waals surface area contributed by atoms with E-state index in [1.165, 1.54) is 30.4 Å². The third kappa shape index (κ3) is 2.58. The van der Waals surface area contributed by atoms with Gasteiger partial charge in [0, 0.05) is 19.1 Å². The molecule has 0 bridgehead atoms. The minimum atomic E-state index is 0.640. The molecule has 0 unspecified atom stereocenters. The lowest BCUT2D eigenvalue weighted by Crippen LogP contribution is -2.36. The number of benzene rings is 1. The highest BCUT2D eigenvalue weighted by molar-refractivity contribution is 5.23. The highest BCUT2D eigenvalue weighted by Gasteiger charge is 2.21. The molecule has 2 N–H and O–H groups in total. The molecular formula is C13H20N2. The van der Waals surface area contributed by atoms with Gasteiger partial charge >= 0.3 is 0 Å². The summed E-state index contributed by atoms with van der Waals surface area (Å²) in [6.07, 6.45) is 4.14. The molecule has 0 spiro atoms. The van der Waals surface area contributed by atoms with E-state index >= 15 is 0 Å². The van der Waals surface area contributed by atoms with Crippen LogP contribution in [0.4, 0.5) is 0 Å². The van der Waals surface area contributed by atoms with Crippen molar-refractivity contribution in [1.82, 2.24) is 4.90 Å². The average molecular weight is 204 g/mol. The number of rotatable bonds is 4. The standard InChI is InChI=1S/C13H20N2/c1-15(13-6-3-7-13)10-12-5-2-4-11(8-12)9-14/h2,4-5,8,13H,3,6-7,9-10,14H2,1H3. The topological polar surface area (TPSA) is 29.3 Å². The fourth-order valence-electron chi connectivity index (χ4n) is 2.10. The third-order valence-electron chi connectivity index (χ3n) is 3.36. The Bertz CT molecular complexity index is 318. The van der Waals surface area contributed by atoms with Crippen molar-refractivity contribution in [3.63, 3.8) is 0 Å². The van der Waals surface area contributed by atoms with Gasteiger partial charge in [-0.15, -0.1) is 0 Å². The van der Waals surface area contributed by atoms with Gasteiger partial charge in [0.25, 0.3) is 0 Å². The summed E-state index contributed by atoms with van der Waals surface area (Å²) >= 11 is 0. The maximum absolute atomic E-state index is 5.63. The van der Waals surface area contributed by atoms with Crippen molar-refractivity contribution < 1.29 is 0 Å². The summed E-state index contributed by atoms with van der Waals surface area (Å²) in [7, 11) is 2.22. The smallest absolute Gasteiger partial charge is 0.0233 e. The molecule has 1 aromatic rings. The molecule has 1 aliphatic rings. The summed E-state index contributed by atoms with van der Waals surface area (Å²) in [5.74, 6) is 0. The molecule has 0 heterocycles. The molecule has 0 radical (unpaired) electrons. The minimum Gasteiger partial charge on any atom is -0.326 e. The van der Waals surface area contributed by atoms with E-state index in [0.29, 0.717) is 6.54 Å². The molecule has 1 aliphatic carbocycles. The Hall–Kier alpha value is -0.860. The van der Waals surface area contributed by atoms with Gasteiger partial charge in [-0.05, 0) is 31.0 Å². The second-order valence-corrected chi connectivity index (χ2v) is 4.52. The van der Waals surface area contributed by atoms with Crippen LogP contribution in [0.25, 0.3) is 0 Å². The average Bonchev–Trinajstić information content (AvgIpc) is 2.15. The van der Waals surface area contributed by atoms with E-state index < -0.39 is 0 Å². The van der Waals surface area contributed by atoms with Crippen molar-refractivity contribution in [2.45, 2.75) is 38.4 Å². The predicted octanol–water partition coefficient (Wildman–Crippen LogP) is 2.13. The lowest BCUT2D eigenvalue weighted by molar-refractivity contribution is 0.152. The molecule has 2 nitrogen and oxygen atoms in total. The van der Waals surface area contributed by atoms with E-state index in [-0.39, 0.29) is 0 Å². The summed E-state index contributed by atoms with van der Waals surface area (Å²) in [5.41, 5.74) is 8.25. The van der Waals surface area contributed by atoms with Crippen LogP contribution in [-0.4, -0.2) is 18.0 Å². The summed E-state index contributed by atoms with van der Waals surface area (Å²) in [4.78, 5) is 2.46. The molecule has 2 heteroatoms. The number of nitrogens with zero attached hydrogens (tertiary/aromatic N) is 1. The van der Waals surface area contributed by atoms with Gasteiger partial charge in [0.15, 0.2) is 0 Å². The van der Waals surface area contributed by atoms with E-state index in [1.807, 2.05) is 0 Å². The lowest BCUT2D eigenvalue weighted by atomic mass is 9.91. The first-order chi connectivity index (χ1) is 7.29. The first-order valence-corrected chi connectivity index (χ1v) is 5.77. The highest BCUT2D eigenvalue weighted by atomic mass is 15.1. The molecule has 0 amide bonds. The quantitative estimate of drug-likeness (QED) is 0.814. The maximum atomic E-state index is 5.63. The molecule has 0 atom stereocenters. The zero-order chi connectivity index (χ0) is 10.7. The van der Waals surface area contributed by atoms with Gasteiger partial charge in [0.1, 0.15) is 0 Å². The number of hydrogen-bond donors (Lipinski definition) is 1. The Balaban J connectivity index is 1.96. The van der Waals surface area contributed by atoms with Crippen molar-refractivity contribution in [1.29, 1.82) is 0 Å². The van der Waals surface area contributed by atoms with E-state index in [1.54, 1.807) is 0 Å². The van der Waals surface area contributed by atoms with Crippen LogP contribution >= 0.6 is 0 Å². The Kier molecular flexibility index (Phi) is 3.39. The Labute approximate surface area is 92.1 Å². The molecule has 82 valence electrons. The maximum Gasteiger partial charge on any atom is 0.0233 e. The van der Waals surface area contributed by atoms with Crippen molar-refractivity contribution in [3.05, 3.63) is 35.4 Å². The van der Waals surface area contributed by atoms with Gasteiger partial charge in [-0.2, -0.15) is 0 Å². The zero-order valence-corrected chi connectivity index (χ0v) is 9.45. The van der Waals surface area contributed by atoms with Crippen LogP contribution in [0.5, 0.6) is 0 Å². The van der Waals surface area contributed by atoms with E-state index in [0.717, 1.165) is 12.6 Å². The van der Waals surface area contributed by atoms with Gasteiger partial charge in [-0.25, -0.2) is 0 Å². The van der Waals surface area contributed by atoms with Gasteiger partial charge in [0.05, 0.1) is 0 Å². The van der Waals surface area contributed by atoms with Gasteiger partial charge in [-0.3, -0.25) is 4.90 Å². The van der Waals surface area contributed by atoms with Crippen molar-refractivity contribution in [2.24, 2.45) is 5.73 Å². The molecular weight excluding hydrogens is 184 g/mol. The first kappa shape index (κ1) is 10.7. The molecule has 15 heavy (non-hydrogen) atoms. The van der Waals surface area contributed by atoms with E-state index in [9.17, 15) is 0 Å². The number of nitrogens with two attached hydrogens (primary N) is 1. The Morgan fingerprint density at radius 1 is 1.33 bits per heavy atom. The summed E-state index contributed by atoms with van der Waals surface area (Å²) in [6.45, 7) is 1.69. The van der Waals surface area contributed by atoms with E-state index in [2.05, 4.69) is 36.2 Å². The molecule has 0 aliphatic heterocycles. The van der Waals surface area contributed by atoms with Crippen LogP contribution in [0.15, 0.2) is 24.3 Å². The van der Waals surface area contributed by atoms with Crippen molar-refractivity contribution in [3.8, 4) is 0 Å². The normalized spacial score (nSPS) is 16.7. The summed E-state index contributed by atoms with van der Waals surface area (Å²) in [5, 5.41) is 0. The van der Waals surface area contributed by atoms with Crippen LogP contribution < -0.4 is 5.73 Å². The molecule has 1 saturated carbocycles. The van der Waals surface area contributed by atoms with Crippen LogP contribution in [-0.2, 0) is 13.1 Å². The highest BCUT2D eigenvalue weighted by Crippen LogP contribution is 2.24. The Morgan fingerprint density at radius 2 is 2.07 bits per heavy atom. The largest absolute Gasteiger partial charge is 0.326 e. The van der Waals surface area contributed by atoms with Gasteiger partial charge in [0.2, 0.25) is 0 Å². The second kappa shape index (κ2) is 4.77. The van der Waals surface area contributed by atoms with Crippen LogP contribution in [0.3, 0.4) is 0 Å². The zero-order valence-electron chi connectivity index (χ0n) is 9.45. The molecule has 2 rings (SSSR count). The molecule has 1 fully saturated rings. The summed E-state index contributed by atoms with van der Waals surface area (Å²) in [6, 6.07) is 9.41. The van der Waals surface area contributed by atoms with Gasteiger partial charge in [-0.1, -0.05) is 30.7 Å². The molecule has 0 saturated heterocycles. The molecule has 1 aromatic carbocycles. The van der Waals surface area contributed by atoms with Crippen LogP contribution in [0, 0.1) is 0 Å². The lowest BCUT2D eigenvalue weighted by Gasteiger charge is -2.34. The molecule has 0 aromatic heterocycles. The predicted molar refractivity (Wildman–Crippen MR) is 63.4 cm³/mol. The van der Waals surface area contributed by atoms with Crippen LogP contribution in [0.1, 0.15) is 30.4 Å². The SMILES string of the molecule is CN(Cc1cccc(CN)c1)C1CCC1. The fourth-order valence-corrected chi connectivity index (χ4v) is 2.10. The van der Waals surface area contributed by atoms with E-state index in [4.69, 9.17) is 5.73 Å². The first-order valence-electron chi connectivity index (χ1n) is 5.77.